The maximum absolute atomic E-state index is 11.5. The fourth-order valence-electron chi connectivity index (χ4n) is 3.99. The minimum Gasteiger partial charge on any atom is -0.492 e. The van der Waals surface area contributed by atoms with E-state index < -0.39 is 22.1 Å². The maximum atomic E-state index is 11.5. The number of hydrogen-bond acceptors (Lipinski definition) is 7. The van der Waals surface area contributed by atoms with Gasteiger partial charge in [0.1, 0.15) is 12.4 Å². The summed E-state index contributed by atoms with van der Waals surface area (Å²) in [6.45, 7) is 1.13. The first-order valence-corrected chi connectivity index (χ1v) is 14.3. The molecule has 1 heterocycles. The highest BCUT2D eigenvalue weighted by Gasteiger charge is 2.17. The summed E-state index contributed by atoms with van der Waals surface area (Å²) in [5, 5.41) is 23.9. The van der Waals surface area contributed by atoms with Crippen molar-refractivity contribution in [1.82, 2.24) is 5.32 Å². The van der Waals surface area contributed by atoms with Crippen LogP contribution in [-0.4, -0.2) is 50.6 Å². The lowest BCUT2D eigenvalue weighted by atomic mass is 10.0. The second-order valence-corrected chi connectivity index (χ2v) is 11.4. The Balaban J connectivity index is 1.35. The van der Waals surface area contributed by atoms with Crippen molar-refractivity contribution in [2.45, 2.75) is 12.5 Å². The summed E-state index contributed by atoms with van der Waals surface area (Å²) in [6.07, 6.45) is 0.211. The third kappa shape index (κ3) is 7.30. The van der Waals surface area contributed by atoms with Crippen LogP contribution in [0.2, 0.25) is 0 Å². The second kappa shape index (κ2) is 11.7. The Morgan fingerprint density at radius 1 is 1.05 bits per heavy atom. The van der Waals surface area contributed by atoms with Gasteiger partial charge in [0.05, 0.1) is 18.8 Å². The zero-order valence-corrected chi connectivity index (χ0v) is 21.8. The minimum absolute atomic E-state index is 0.0517. The molecular formula is C27H28N2O6S2. The van der Waals surface area contributed by atoms with Gasteiger partial charge in [-0.15, -0.1) is 11.3 Å². The fourth-order valence-corrected chi connectivity index (χ4v) is 5.80. The van der Waals surface area contributed by atoms with Gasteiger partial charge in [-0.25, -0.2) is 8.42 Å². The molecule has 194 valence electrons. The average molecular weight is 541 g/mol. The van der Waals surface area contributed by atoms with Gasteiger partial charge in [0.25, 0.3) is 0 Å². The molecule has 37 heavy (non-hydrogen) atoms. The van der Waals surface area contributed by atoms with E-state index in [4.69, 9.17) is 4.74 Å². The highest BCUT2D eigenvalue weighted by Crippen LogP contribution is 2.40. The standard InChI is InChI=1S/C27H28N2O6S2/c1-37(33,34)29-20-9-5-8-19(14-20)24(30)17-28-12-13-35-21-10-11-22-23(16-26(31)32)27(36-25(22)15-21)18-6-3-2-4-7-18/h2-11,14-15,24,28-30H,12-13,16-17H2,1H3,(H,31,32)/t24-/m0/s1. The van der Waals surface area contributed by atoms with E-state index in [1.54, 1.807) is 35.6 Å². The first-order valence-electron chi connectivity index (χ1n) is 11.6. The van der Waals surface area contributed by atoms with Crippen molar-refractivity contribution in [3.05, 3.63) is 83.9 Å². The van der Waals surface area contributed by atoms with Gasteiger partial charge in [0.15, 0.2) is 0 Å². The quantitative estimate of drug-likeness (QED) is 0.198. The van der Waals surface area contributed by atoms with Crippen molar-refractivity contribution in [2.75, 3.05) is 30.7 Å². The number of carboxylic acids is 1. The number of hydrogen-bond donors (Lipinski definition) is 4. The Hall–Kier alpha value is -3.44. The van der Waals surface area contributed by atoms with Gasteiger partial charge in [-0.3, -0.25) is 9.52 Å². The lowest BCUT2D eigenvalue weighted by molar-refractivity contribution is -0.136. The zero-order valence-electron chi connectivity index (χ0n) is 20.2. The van der Waals surface area contributed by atoms with E-state index in [9.17, 15) is 23.4 Å². The van der Waals surface area contributed by atoms with Gasteiger partial charge in [-0.05, 0) is 52.4 Å². The Kier molecular flexibility index (Phi) is 8.45. The van der Waals surface area contributed by atoms with E-state index in [1.165, 1.54) is 0 Å². The van der Waals surface area contributed by atoms with Crippen molar-refractivity contribution >= 4 is 43.1 Å². The lowest BCUT2D eigenvalue weighted by Gasteiger charge is -2.14. The second-order valence-electron chi connectivity index (χ2n) is 8.57. The van der Waals surface area contributed by atoms with Gasteiger partial charge >= 0.3 is 5.97 Å². The van der Waals surface area contributed by atoms with E-state index in [1.807, 2.05) is 48.5 Å². The Morgan fingerprint density at radius 2 is 1.84 bits per heavy atom. The number of fused-ring (bicyclic) bond motifs is 1. The van der Waals surface area contributed by atoms with Crippen molar-refractivity contribution in [3.8, 4) is 16.2 Å². The van der Waals surface area contributed by atoms with Crippen LogP contribution in [-0.2, 0) is 21.2 Å². The summed E-state index contributed by atoms with van der Waals surface area (Å²) in [7, 11) is -3.39. The van der Waals surface area contributed by atoms with Gasteiger partial charge in [-0.2, -0.15) is 0 Å². The monoisotopic (exact) mass is 540 g/mol. The number of benzene rings is 3. The highest BCUT2D eigenvalue weighted by molar-refractivity contribution is 7.92. The molecular weight excluding hydrogens is 512 g/mol. The predicted octanol–water partition coefficient (Wildman–Crippen LogP) is 4.27. The first-order chi connectivity index (χ1) is 17.7. The average Bonchev–Trinajstić information content (AvgIpc) is 3.20. The molecule has 4 rings (SSSR count). The largest absolute Gasteiger partial charge is 0.492 e. The number of aliphatic hydroxyl groups is 1. The Morgan fingerprint density at radius 3 is 2.57 bits per heavy atom. The van der Waals surface area contributed by atoms with E-state index in [0.29, 0.717) is 30.2 Å². The van der Waals surface area contributed by atoms with Crippen LogP contribution in [0.25, 0.3) is 20.5 Å². The molecule has 4 N–H and O–H groups in total. The van der Waals surface area contributed by atoms with Crippen LogP contribution < -0.4 is 14.8 Å². The van der Waals surface area contributed by atoms with Crippen LogP contribution in [0.1, 0.15) is 17.2 Å². The molecule has 10 heteroatoms. The number of sulfonamides is 1. The summed E-state index contributed by atoms with van der Waals surface area (Å²) < 4.78 is 32.1. The molecule has 0 unspecified atom stereocenters. The van der Waals surface area contributed by atoms with Gasteiger partial charge < -0.3 is 20.3 Å². The van der Waals surface area contributed by atoms with Crippen molar-refractivity contribution in [1.29, 1.82) is 0 Å². The Labute approximate surface area is 219 Å². The molecule has 3 aromatic carbocycles. The number of rotatable bonds is 12. The topological polar surface area (TPSA) is 125 Å². The number of aliphatic carboxylic acids is 1. The number of aliphatic hydroxyl groups excluding tert-OH is 1. The van der Waals surface area contributed by atoms with Gasteiger partial charge in [-0.1, -0.05) is 42.5 Å². The van der Waals surface area contributed by atoms with Gasteiger partial charge in [0, 0.05) is 28.4 Å². The van der Waals surface area contributed by atoms with Crippen molar-refractivity contribution < 1.29 is 28.2 Å². The molecule has 0 radical (unpaired) electrons. The van der Waals surface area contributed by atoms with Gasteiger partial charge in [0.2, 0.25) is 10.0 Å². The fraction of sp³-hybridized carbons (Fsp3) is 0.222. The number of ether oxygens (including phenoxy) is 1. The number of carboxylic acid groups (broad SMARTS) is 1. The molecule has 1 atom stereocenters. The van der Waals surface area contributed by atoms with Crippen LogP contribution in [0.4, 0.5) is 5.69 Å². The molecule has 0 aliphatic rings. The molecule has 0 saturated heterocycles. The molecule has 0 amide bonds. The Bertz CT molecular complexity index is 1490. The zero-order chi connectivity index (χ0) is 26.4. The number of carbonyl (C=O) groups is 1. The molecule has 1 aromatic heterocycles. The minimum atomic E-state index is -3.39. The molecule has 4 aromatic rings. The van der Waals surface area contributed by atoms with Crippen LogP contribution in [0, 0.1) is 0 Å². The molecule has 0 saturated carbocycles. The number of anilines is 1. The van der Waals surface area contributed by atoms with Crippen LogP contribution in [0.3, 0.4) is 0 Å². The van der Waals surface area contributed by atoms with Crippen LogP contribution >= 0.6 is 11.3 Å². The van der Waals surface area contributed by atoms with Crippen molar-refractivity contribution in [2.24, 2.45) is 0 Å². The molecule has 0 aliphatic heterocycles. The summed E-state index contributed by atoms with van der Waals surface area (Å²) >= 11 is 1.55. The van der Waals surface area contributed by atoms with E-state index in [-0.39, 0.29) is 13.0 Å². The van der Waals surface area contributed by atoms with Crippen LogP contribution in [0.15, 0.2) is 72.8 Å². The predicted molar refractivity (Wildman–Crippen MR) is 147 cm³/mol. The van der Waals surface area contributed by atoms with Crippen molar-refractivity contribution in [3.63, 3.8) is 0 Å². The third-order valence-electron chi connectivity index (χ3n) is 5.59. The number of thiophene rings is 1. The normalized spacial score (nSPS) is 12.4. The maximum Gasteiger partial charge on any atom is 0.307 e. The lowest BCUT2D eigenvalue weighted by Crippen LogP contribution is -2.26. The van der Waals surface area contributed by atoms with E-state index in [2.05, 4.69) is 10.0 Å². The summed E-state index contributed by atoms with van der Waals surface area (Å²) in [4.78, 5) is 12.4. The molecule has 0 aliphatic carbocycles. The SMILES string of the molecule is CS(=O)(=O)Nc1cccc([C@@H](O)CNCCOc2ccc3c(CC(=O)O)c(-c4ccccc4)sc3c2)c1. The molecule has 0 fully saturated rings. The molecule has 0 spiro atoms. The van der Waals surface area contributed by atoms with E-state index >= 15 is 0 Å². The number of nitrogens with one attached hydrogen (secondary N) is 2. The first kappa shape index (κ1) is 26.6. The summed E-state index contributed by atoms with van der Waals surface area (Å²) in [6, 6.07) is 22.1. The highest BCUT2D eigenvalue weighted by atomic mass is 32.2. The van der Waals surface area contributed by atoms with E-state index in [0.717, 1.165) is 32.3 Å². The third-order valence-corrected chi connectivity index (χ3v) is 7.44. The summed E-state index contributed by atoms with van der Waals surface area (Å²) in [5.74, 6) is -0.194. The molecule has 0 bridgehead atoms. The summed E-state index contributed by atoms with van der Waals surface area (Å²) in [5.41, 5.74) is 2.78. The molecule has 8 nitrogen and oxygen atoms in total. The smallest absolute Gasteiger partial charge is 0.307 e. The van der Waals surface area contributed by atoms with Crippen LogP contribution in [0.5, 0.6) is 5.75 Å².